The van der Waals surface area contributed by atoms with Gasteiger partial charge in [-0.2, -0.15) is 0 Å². The van der Waals surface area contributed by atoms with E-state index in [1.807, 2.05) is 36.4 Å². The fourth-order valence-electron chi connectivity index (χ4n) is 3.57. The minimum Gasteiger partial charge on any atom is -0.464 e. The van der Waals surface area contributed by atoms with Crippen LogP contribution in [-0.2, 0) is 16.0 Å². The van der Waals surface area contributed by atoms with Crippen molar-refractivity contribution in [2.75, 3.05) is 18.5 Å². The molecule has 4 rings (SSSR count). The number of likely N-dealkylation sites (N-methyl/N-ethyl adjacent to an activating group) is 1. The first-order valence-electron chi connectivity index (χ1n) is 9.56. The highest BCUT2D eigenvalue weighted by atomic mass is 16.3. The Morgan fingerprint density at radius 2 is 1.93 bits per heavy atom. The SMILES string of the molecule is C#Cc1cccc(N(CC(=O)NC)C(=O)Cc2coc3ccc4ccccc4c23)c1. The van der Waals surface area contributed by atoms with Gasteiger partial charge in [-0.25, -0.2) is 0 Å². The van der Waals surface area contributed by atoms with Gasteiger partial charge in [-0.1, -0.05) is 42.3 Å². The average Bonchev–Trinajstić information content (AvgIpc) is 3.20. The standard InChI is InChI=1S/C25H20N2O3/c1-3-17-7-6-9-20(13-17)27(15-23(28)26-2)24(29)14-19-16-30-22-12-11-18-8-4-5-10-21(18)25(19)22/h1,4-13,16H,14-15H2,2H3,(H,26,28). The van der Waals surface area contributed by atoms with Crippen molar-refractivity contribution < 1.29 is 14.0 Å². The summed E-state index contributed by atoms with van der Waals surface area (Å²) in [6, 6.07) is 18.9. The van der Waals surface area contributed by atoms with Gasteiger partial charge in [0.15, 0.2) is 0 Å². The van der Waals surface area contributed by atoms with Crippen LogP contribution in [-0.4, -0.2) is 25.4 Å². The molecule has 5 nitrogen and oxygen atoms in total. The summed E-state index contributed by atoms with van der Waals surface area (Å²) in [5.74, 6) is 2.08. The van der Waals surface area contributed by atoms with Gasteiger partial charge in [0, 0.05) is 29.2 Å². The molecule has 0 aliphatic rings. The van der Waals surface area contributed by atoms with Crippen LogP contribution in [0.25, 0.3) is 21.7 Å². The van der Waals surface area contributed by atoms with Gasteiger partial charge in [0.25, 0.3) is 0 Å². The molecular weight excluding hydrogens is 376 g/mol. The third-order valence-corrected chi connectivity index (χ3v) is 5.09. The predicted molar refractivity (Wildman–Crippen MR) is 118 cm³/mol. The van der Waals surface area contributed by atoms with Crippen molar-refractivity contribution in [1.82, 2.24) is 5.32 Å². The van der Waals surface area contributed by atoms with E-state index in [-0.39, 0.29) is 24.8 Å². The molecule has 0 aliphatic carbocycles. The van der Waals surface area contributed by atoms with E-state index in [0.29, 0.717) is 11.3 Å². The average molecular weight is 396 g/mol. The zero-order chi connectivity index (χ0) is 21.1. The molecule has 0 radical (unpaired) electrons. The first-order chi connectivity index (χ1) is 14.6. The highest BCUT2D eigenvalue weighted by Gasteiger charge is 2.21. The van der Waals surface area contributed by atoms with E-state index in [1.165, 1.54) is 4.90 Å². The molecule has 0 aliphatic heterocycles. The van der Waals surface area contributed by atoms with Gasteiger partial charge in [0.2, 0.25) is 11.8 Å². The van der Waals surface area contributed by atoms with E-state index >= 15 is 0 Å². The van der Waals surface area contributed by atoms with Gasteiger partial charge >= 0.3 is 0 Å². The molecule has 1 heterocycles. The molecule has 0 spiro atoms. The highest BCUT2D eigenvalue weighted by Crippen LogP contribution is 2.30. The monoisotopic (exact) mass is 396 g/mol. The minimum atomic E-state index is -0.267. The Labute approximate surface area is 174 Å². The normalized spacial score (nSPS) is 10.7. The van der Waals surface area contributed by atoms with Crippen molar-refractivity contribution >= 4 is 39.2 Å². The largest absolute Gasteiger partial charge is 0.464 e. The van der Waals surface area contributed by atoms with Gasteiger partial charge in [-0.05, 0) is 35.0 Å². The van der Waals surface area contributed by atoms with E-state index in [0.717, 1.165) is 27.3 Å². The van der Waals surface area contributed by atoms with Gasteiger partial charge in [-0.15, -0.1) is 6.42 Å². The van der Waals surface area contributed by atoms with Crippen LogP contribution in [0.15, 0.2) is 71.3 Å². The molecular formula is C25H20N2O3. The first kappa shape index (κ1) is 19.3. The Bertz CT molecular complexity index is 1300. The number of furan rings is 1. The maximum Gasteiger partial charge on any atom is 0.239 e. The number of rotatable bonds is 5. The zero-order valence-corrected chi connectivity index (χ0v) is 16.5. The fourth-order valence-corrected chi connectivity index (χ4v) is 3.57. The highest BCUT2D eigenvalue weighted by molar-refractivity contribution is 6.09. The summed E-state index contributed by atoms with van der Waals surface area (Å²) in [5, 5.41) is 5.58. The lowest BCUT2D eigenvalue weighted by Gasteiger charge is -2.22. The third kappa shape index (κ3) is 3.63. The number of anilines is 1. The summed E-state index contributed by atoms with van der Waals surface area (Å²) < 4.78 is 5.71. The lowest BCUT2D eigenvalue weighted by molar-refractivity contribution is -0.123. The van der Waals surface area contributed by atoms with Gasteiger partial charge in [-0.3, -0.25) is 9.59 Å². The van der Waals surface area contributed by atoms with E-state index < -0.39 is 0 Å². The first-order valence-corrected chi connectivity index (χ1v) is 9.56. The summed E-state index contributed by atoms with van der Waals surface area (Å²) in [7, 11) is 1.54. The van der Waals surface area contributed by atoms with E-state index in [2.05, 4.69) is 11.2 Å². The number of fused-ring (bicyclic) bond motifs is 3. The Kier molecular flexibility index (Phi) is 5.23. The number of benzene rings is 3. The molecule has 0 bridgehead atoms. The van der Waals surface area contributed by atoms with Gasteiger partial charge < -0.3 is 14.6 Å². The van der Waals surface area contributed by atoms with E-state index in [9.17, 15) is 9.59 Å². The smallest absolute Gasteiger partial charge is 0.239 e. The quantitative estimate of drug-likeness (QED) is 0.521. The molecule has 4 aromatic rings. The molecule has 0 saturated carbocycles. The number of hydrogen-bond donors (Lipinski definition) is 1. The molecule has 148 valence electrons. The Hall–Kier alpha value is -4.04. The summed E-state index contributed by atoms with van der Waals surface area (Å²) in [5.41, 5.74) is 2.73. The third-order valence-electron chi connectivity index (χ3n) is 5.09. The van der Waals surface area contributed by atoms with Crippen molar-refractivity contribution in [2.24, 2.45) is 0 Å². The van der Waals surface area contributed by atoms with Crippen molar-refractivity contribution in [3.05, 3.63) is 78.1 Å². The van der Waals surface area contributed by atoms with Crippen LogP contribution in [0, 0.1) is 12.3 Å². The summed E-state index contributed by atoms with van der Waals surface area (Å²) in [6.07, 6.45) is 7.21. The van der Waals surface area contributed by atoms with Crippen LogP contribution in [0.4, 0.5) is 5.69 Å². The predicted octanol–water partition coefficient (Wildman–Crippen LogP) is 3.89. The second kappa shape index (κ2) is 8.14. The minimum absolute atomic E-state index is 0.0955. The van der Waals surface area contributed by atoms with Crippen molar-refractivity contribution in [1.29, 1.82) is 0 Å². The van der Waals surface area contributed by atoms with Gasteiger partial charge in [0.1, 0.15) is 12.1 Å². The van der Waals surface area contributed by atoms with Crippen LogP contribution in [0.2, 0.25) is 0 Å². The van der Waals surface area contributed by atoms with Crippen molar-refractivity contribution in [2.45, 2.75) is 6.42 Å². The second-order valence-electron chi connectivity index (χ2n) is 6.95. The Morgan fingerprint density at radius 1 is 1.10 bits per heavy atom. The lowest BCUT2D eigenvalue weighted by Crippen LogP contribution is -2.40. The van der Waals surface area contributed by atoms with Gasteiger partial charge in [0.05, 0.1) is 12.7 Å². The molecule has 1 N–H and O–H groups in total. The number of amides is 2. The summed E-state index contributed by atoms with van der Waals surface area (Å²) in [4.78, 5) is 26.8. The van der Waals surface area contributed by atoms with E-state index in [4.69, 9.17) is 10.8 Å². The topological polar surface area (TPSA) is 62.6 Å². The van der Waals surface area contributed by atoms with Crippen LogP contribution in [0.1, 0.15) is 11.1 Å². The van der Waals surface area contributed by atoms with Crippen LogP contribution in [0.3, 0.4) is 0 Å². The summed E-state index contributed by atoms with van der Waals surface area (Å²) in [6.45, 7) is -0.0973. The second-order valence-corrected chi connectivity index (χ2v) is 6.95. The molecule has 0 saturated heterocycles. The van der Waals surface area contributed by atoms with Crippen LogP contribution >= 0.6 is 0 Å². The molecule has 0 fully saturated rings. The number of nitrogens with one attached hydrogen (secondary N) is 1. The van der Waals surface area contributed by atoms with Crippen molar-refractivity contribution in [3.63, 3.8) is 0 Å². The number of nitrogens with zero attached hydrogens (tertiary/aromatic N) is 1. The summed E-state index contributed by atoms with van der Waals surface area (Å²) >= 11 is 0. The maximum atomic E-state index is 13.3. The maximum absolute atomic E-state index is 13.3. The molecule has 0 unspecified atom stereocenters. The zero-order valence-electron chi connectivity index (χ0n) is 16.5. The Balaban J connectivity index is 1.73. The van der Waals surface area contributed by atoms with Crippen molar-refractivity contribution in [3.8, 4) is 12.3 Å². The van der Waals surface area contributed by atoms with Crippen LogP contribution in [0.5, 0.6) is 0 Å². The molecule has 1 aromatic heterocycles. The van der Waals surface area contributed by atoms with E-state index in [1.54, 1.807) is 37.6 Å². The molecule has 30 heavy (non-hydrogen) atoms. The lowest BCUT2D eigenvalue weighted by atomic mass is 10.0. The number of terminal acetylenes is 1. The fraction of sp³-hybridized carbons (Fsp3) is 0.120. The van der Waals surface area contributed by atoms with Crippen LogP contribution < -0.4 is 10.2 Å². The number of carbonyl (C=O) groups is 2. The number of carbonyl (C=O) groups excluding carboxylic acids is 2. The molecule has 2 amide bonds. The number of hydrogen-bond acceptors (Lipinski definition) is 3. The molecule has 5 heteroatoms. The molecule has 3 aromatic carbocycles. The molecule has 0 atom stereocenters. The Morgan fingerprint density at radius 3 is 2.73 bits per heavy atom.